The monoisotopic (exact) mass is 494 g/mol. The number of carbonyl (C=O) groups is 3. The summed E-state index contributed by atoms with van der Waals surface area (Å²) in [6.45, 7) is 7.33. The fraction of sp³-hybridized carbons (Fsp3) is 0.296. The van der Waals surface area contributed by atoms with E-state index < -0.39 is 17.3 Å². The Morgan fingerprint density at radius 2 is 1.66 bits per heavy atom. The summed E-state index contributed by atoms with van der Waals surface area (Å²) >= 11 is 1.26. The zero-order chi connectivity index (χ0) is 25.6. The third kappa shape index (κ3) is 6.48. The lowest BCUT2D eigenvalue weighted by Crippen LogP contribution is -2.36. The molecule has 1 aromatic heterocycles. The first-order valence-electron chi connectivity index (χ1n) is 11.3. The number of nitrogens with zero attached hydrogens (tertiary/aromatic N) is 1. The van der Waals surface area contributed by atoms with Crippen molar-refractivity contribution in [2.75, 3.05) is 30.5 Å². The molecule has 0 unspecified atom stereocenters. The zero-order valence-electron chi connectivity index (χ0n) is 20.6. The maximum absolute atomic E-state index is 12.7. The molecule has 0 aliphatic rings. The van der Waals surface area contributed by atoms with E-state index >= 15 is 0 Å². The van der Waals surface area contributed by atoms with Crippen molar-refractivity contribution in [2.24, 2.45) is 5.41 Å². The third-order valence-corrected chi connectivity index (χ3v) is 6.04. The second kappa shape index (κ2) is 11.2. The molecule has 0 bridgehead atoms. The number of ether oxygens (including phenoxy) is 2. The Morgan fingerprint density at radius 1 is 1.00 bits per heavy atom. The topological polar surface area (TPSA) is 84.9 Å². The molecule has 0 fully saturated rings. The minimum Gasteiger partial charge on any atom is -0.484 e. The second-order valence-corrected chi connectivity index (χ2v) is 9.76. The van der Waals surface area contributed by atoms with Gasteiger partial charge in [0.25, 0.3) is 5.91 Å². The largest absolute Gasteiger partial charge is 0.484 e. The van der Waals surface area contributed by atoms with E-state index in [0.717, 1.165) is 11.3 Å². The molecule has 3 aromatic rings. The Bertz CT molecular complexity index is 1180. The van der Waals surface area contributed by atoms with Gasteiger partial charge in [0.1, 0.15) is 16.3 Å². The molecule has 35 heavy (non-hydrogen) atoms. The minimum atomic E-state index is -0.493. The standard InChI is InChI=1S/C27H30N2O5S/c1-6-33-25(31)23-21(18-10-8-7-9-11-18)17-35-24(23)28-22(30)16-34-20-14-12-19(13-15-20)29(5)26(32)27(2,3)4/h7-15,17H,6,16H2,1-5H3,(H,28,30). The van der Waals surface area contributed by atoms with E-state index in [4.69, 9.17) is 9.47 Å². The number of anilines is 2. The first-order chi connectivity index (χ1) is 16.6. The normalized spacial score (nSPS) is 11.0. The van der Waals surface area contributed by atoms with Gasteiger partial charge in [0.05, 0.1) is 6.61 Å². The molecule has 184 valence electrons. The Labute approximate surface area is 209 Å². The fourth-order valence-corrected chi connectivity index (χ4v) is 4.36. The summed E-state index contributed by atoms with van der Waals surface area (Å²) in [5.41, 5.74) is 2.13. The molecule has 1 heterocycles. The Balaban J connectivity index is 1.67. The van der Waals surface area contributed by atoms with Crippen LogP contribution in [0.2, 0.25) is 0 Å². The number of nitrogens with one attached hydrogen (secondary N) is 1. The summed E-state index contributed by atoms with van der Waals surface area (Å²) < 4.78 is 10.8. The van der Waals surface area contributed by atoms with Crippen LogP contribution in [-0.4, -0.2) is 38.0 Å². The van der Waals surface area contributed by atoms with Crippen LogP contribution in [0, 0.1) is 5.41 Å². The van der Waals surface area contributed by atoms with Crippen molar-refractivity contribution in [3.63, 3.8) is 0 Å². The molecule has 0 spiro atoms. The molecule has 8 heteroatoms. The highest BCUT2D eigenvalue weighted by atomic mass is 32.1. The Hall–Kier alpha value is -3.65. The first kappa shape index (κ1) is 26.0. The number of esters is 1. The average Bonchev–Trinajstić information content (AvgIpc) is 3.25. The zero-order valence-corrected chi connectivity index (χ0v) is 21.4. The molecule has 1 N–H and O–H groups in total. The lowest BCUT2D eigenvalue weighted by molar-refractivity contribution is -0.125. The van der Waals surface area contributed by atoms with Crippen LogP contribution >= 0.6 is 11.3 Å². The van der Waals surface area contributed by atoms with Gasteiger partial charge in [0, 0.05) is 29.1 Å². The Morgan fingerprint density at radius 3 is 2.26 bits per heavy atom. The Kier molecular flexibility index (Phi) is 8.30. The molecule has 0 aliphatic heterocycles. The maximum Gasteiger partial charge on any atom is 0.341 e. The van der Waals surface area contributed by atoms with Crippen molar-refractivity contribution in [1.82, 2.24) is 0 Å². The van der Waals surface area contributed by atoms with Gasteiger partial charge >= 0.3 is 5.97 Å². The molecule has 0 saturated heterocycles. The lowest BCUT2D eigenvalue weighted by atomic mass is 9.95. The molecule has 2 aromatic carbocycles. The second-order valence-electron chi connectivity index (χ2n) is 8.88. The van der Waals surface area contributed by atoms with Crippen LogP contribution in [0.3, 0.4) is 0 Å². The summed E-state index contributed by atoms with van der Waals surface area (Å²) in [5, 5.41) is 5.01. The van der Waals surface area contributed by atoms with Crippen LogP contribution in [0.25, 0.3) is 11.1 Å². The van der Waals surface area contributed by atoms with Crippen molar-refractivity contribution in [3.8, 4) is 16.9 Å². The van der Waals surface area contributed by atoms with Gasteiger partial charge in [-0.1, -0.05) is 51.1 Å². The molecular formula is C27H30N2O5S. The molecular weight excluding hydrogens is 464 g/mol. The van der Waals surface area contributed by atoms with Gasteiger partial charge in [0.2, 0.25) is 5.91 Å². The first-order valence-corrected chi connectivity index (χ1v) is 12.1. The number of amides is 2. The summed E-state index contributed by atoms with van der Waals surface area (Å²) in [4.78, 5) is 39.3. The van der Waals surface area contributed by atoms with E-state index in [9.17, 15) is 14.4 Å². The van der Waals surface area contributed by atoms with Crippen molar-refractivity contribution >= 4 is 39.8 Å². The van der Waals surface area contributed by atoms with Gasteiger partial charge in [-0.3, -0.25) is 9.59 Å². The van der Waals surface area contributed by atoms with Crippen LogP contribution in [0.1, 0.15) is 38.1 Å². The SMILES string of the molecule is CCOC(=O)c1c(-c2ccccc2)csc1NC(=O)COc1ccc(N(C)C(=O)C(C)(C)C)cc1. The van der Waals surface area contributed by atoms with Crippen LogP contribution in [-0.2, 0) is 14.3 Å². The van der Waals surface area contributed by atoms with Gasteiger partial charge in [-0.15, -0.1) is 11.3 Å². The van der Waals surface area contributed by atoms with Gasteiger partial charge in [-0.25, -0.2) is 4.79 Å². The number of hydrogen-bond acceptors (Lipinski definition) is 6. The molecule has 0 aliphatic carbocycles. The number of thiophene rings is 1. The summed E-state index contributed by atoms with van der Waals surface area (Å²) in [5.74, 6) is -0.412. The molecule has 0 radical (unpaired) electrons. The molecule has 0 saturated carbocycles. The van der Waals surface area contributed by atoms with Gasteiger partial charge < -0.3 is 19.7 Å². The smallest absolute Gasteiger partial charge is 0.341 e. The highest BCUT2D eigenvalue weighted by molar-refractivity contribution is 7.15. The van der Waals surface area contributed by atoms with E-state index in [1.165, 1.54) is 11.3 Å². The van der Waals surface area contributed by atoms with Gasteiger partial charge in [0.15, 0.2) is 6.61 Å². The predicted molar refractivity (Wildman–Crippen MR) is 139 cm³/mol. The van der Waals surface area contributed by atoms with Crippen molar-refractivity contribution in [2.45, 2.75) is 27.7 Å². The summed E-state index contributed by atoms with van der Waals surface area (Å²) in [6, 6.07) is 16.4. The van der Waals surface area contributed by atoms with Crippen LogP contribution in [0.4, 0.5) is 10.7 Å². The van der Waals surface area contributed by atoms with Crippen molar-refractivity contribution in [3.05, 3.63) is 65.5 Å². The lowest BCUT2D eigenvalue weighted by Gasteiger charge is -2.26. The van der Waals surface area contributed by atoms with Crippen molar-refractivity contribution in [1.29, 1.82) is 0 Å². The van der Waals surface area contributed by atoms with Crippen molar-refractivity contribution < 1.29 is 23.9 Å². The minimum absolute atomic E-state index is 0.00577. The molecule has 3 rings (SSSR count). The van der Waals surface area contributed by atoms with Gasteiger partial charge in [-0.05, 0) is 36.8 Å². The summed E-state index contributed by atoms with van der Waals surface area (Å²) in [6.07, 6.45) is 0. The van der Waals surface area contributed by atoms with E-state index in [0.29, 0.717) is 21.9 Å². The molecule has 0 atom stereocenters. The van der Waals surface area contributed by atoms with Crippen LogP contribution in [0.15, 0.2) is 60.0 Å². The van der Waals surface area contributed by atoms with Crippen LogP contribution < -0.4 is 15.0 Å². The number of rotatable bonds is 8. The third-order valence-electron chi connectivity index (χ3n) is 5.15. The molecule has 7 nitrogen and oxygen atoms in total. The number of hydrogen-bond donors (Lipinski definition) is 1. The maximum atomic E-state index is 12.7. The van der Waals surface area contributed by atoms with E-state index in [1.807, 2.05) is 56.5 Å². The van der Waals surface area contributed by atoms with E-state index in [2.05, 4.69) is 5.32 Å². The predicted octanol–water partition coefficient (Wildman–Crippen LogP) is 5.62. The quantitative estimate of drug-likeness (QED) is 0.411. The van der Waals surface area contributed by atoms with E-state index in [1.54, 1.807) is 43.1 Å². The van der Waals surface area contributed by atoms with Gasteiger partial charge in [-0.2, -0.15) is 0 Å². The average molecular weight is 495 g/mol. The fourth-order valence-electron chi connectivity index (χ4n) is 3.38. The summed E-state index contributed by atoms with van der Waals surface area (Å²) in [7, 11) is 1.72. The van der Waals surface area contributed by atoms with Crippen LogP contribution in [0.5, 0.6) is 5.75 Å². The van der Waals surface area contributed by atoms with E-state index in [-0.39, 0.29) is 19.1 Å². The highest BCUT2D eigenvalue weighted by Crippen LogP contribution is 2.36. The number of carbonyl (C=O) groups excluding carboxylic acids is 3. The molecule has 2 amide bonds. The highest BCUT2D eigenvalue weighted by Gasteiger charge is 2.26. The number of benzene rings is 2.